The van der Waals surface area contributed by atoms with Crippen LogP contribution in [0.4, 0.5) is 18.0 Å². The Labute approximate surface area is 204 Å². The molecule has 2 aliphatic heterocycles. The van der Waals surface area contributed by atoms with Gasteiger partial charge in [-0.1, -0.05) is 11.6 Å². The molecule has 11 heteroatoms. The number of ether oxygens (including phenoxy) is 3. The van der Waals surface area contributed by atoms with Crippen LogP contribution in [0.15, 0.2) is 18.2 Å². The lowest BCUT2D eigenvalue weighted by Gasteiger charge is -2.73. The fourth-order valence-corrected chi connectivity index (χ4v) is 7.00. The highest BCUT2D eigenvalue weighted by Crippen LogP contribution is 2.72. The molecule has 1 N–H and O–H groups in total. The van der Waals surface area contributed by atoms with E-state index in [-0.39, 0.29) is 41.9 Å². The van der Waals surface area contributed by atoms with Crippen LogP contribution in [-0.4, -0.2) is 58.6 Å². The fraction of sp³-hybridized carbons (Fsp3) is 0.667. The van der Waals surface area contributed by atoms with E-state index in [0.29, 0.717) is 48.6 Å². The molecule has 0 radical (unpaired) electrons. The van der Waals surface area contributed by atoms with Gasteiger partial charge in [0.1, 0.15) is 11.9 Å². The lowest BCUT2D eigenvalue weighted by atomic mass is 9.37. The molecule has 1 aromatic rings. The molecular formula is C24H25ClF3NO6. The molecule has 1 unspecified atom stereocenters. The fourth-order valence-electron chi connectivity index (χ4n) is 6.82. The van der Waals surface area contributed by atoms with Crippen LogP contribution in [0, 0.1) is 11.3 Å². The van der Waals surface area contributed by atoms with Gasteiger partial charge in [0, 0.05) is 34.9 Å². The first kappa shape index (κ1) is 23.4. The van der Waals surface area contributed by atoms with Crippen LogP contribution in [-0.2, 0) is 14.3 Å². The third-order valence-electron chi connectivity index (χ3n) is 8.42. The number of aliphatic hydroxyl groups excluding tert-OH is 1. The Kier molecular flexibility index (Phi) is 5.16. The van der Waals surface area contributed by atoms with Crippen molar-refractivity contribution in [3.63, 3.8) is 0 Å². The van der Waals surface area contributed by atoms with Gasteiger partial charge in [0.2, 0.25) is 0 Å². The number of hydrogen-bond donors (Lipinski definition) is 1. The summed E-state index contributed by atoms with van der Waals surface area (Å²) in [5, 5.41) is 10.9. The smallest absolute Gasteiger partial charge is 0.482 e. The number of aliphatic hydroxyl groups is 1. The predicted molar refractivity (Wildman–Crippen MR) is 115 cm³/mol. The maximum Gasteiger partial charge on any atom is 0.522 e. The van der Waals surface area contributed by atoms with Gasteiger partial charge in [-0.05, 0) is 55.7 Å². The molecule has 2 bridgehead atoms. The van der Waals surface area contributed by atoms with E-state index in [9.17, 15) is 27.9 Å². The van der Waals surface area contributed by atoms with Crippen LogP contribution in [0.1, 0.15) is 56.6 Å². The zero-order valence-corrected chi connectivity index (χ0v) is 19.5. The van der Waals surface area contributed by atoms with Crippen molar-refractivity contribution in [2.45, 2.75) is 81.3 Å². The molecule has 35 heavy (non-hydrogen) atoms. The van der Waals surface area contributed by atoms with Crippen LogP contribution in [0.2, 0.25) is 5.02 Å². The van der Waals surface area contributed by atoms with Gasteiger partial charge in [0.05, 0.1) is 18.8 Å². The Morgan fingerprint density at radius 1 is 1.20 bits per heavy atom. The van der Waals surface area contributed by atoms with Gasteiger partial charge >= 0.3 is 12.5 Å². The third kappa shape index (κ3) is 3.97. The second-order valence-electron chi connectivity index (χ2n) is 10.9. The van der Waals surface area contributed by atoms with Crippen molar-refractivity contribution < 1.29 is 42.1 Å². The Balaban J connectivity index is 1.01. The molecule has 7 rings (SSSR count). The number of hydrogen-bond acceptors (Lipinski definition) is 6. The maximum atomic E-state index is 13.0. The number of cyclic esters (lactones) is 1. The van der Waals surface area contributed by atoms with Crippen LogP contribution >= 0.6 is 11.6 Å². The van der Waals surface area contributed by atoms with E-state index in [0.717, 1.165) is 0 Å². The highest BCUT2D eigenvalue weighted by atomic mass is 35.5. The van der Waals surface area contributed by atoms with Crippen LogP contribution in [0.25, 0.3) is 0 Å². The Bertz CT molecular complexity index is 1050. The summed E-state index contributed by atoms with van der Waals surface area (Å²) < 4.78 is 52.4. The highest BCUT2D eigenvalue weighted by Gasteiger charge is 2.72. The summed E-state index contributed by atoms with van der Waals surface area (Å²) in [4.78, 5) is 27.2. The second-order valence-corrected chi connectivity index (χ2v) is 11.3. The van der Waals surface area contributed by atoms with Crippen molar-refractivity contribution in [2.24, 2.45) is 11.3 Å². The van der Waals surface area contributed by atoms with Crippen LogP contribution < -0.4 is 4.74 Å². The van der Waals surface area contributed by atoms with E-state index in [1.807, 2.05) is 0 Å². The number of carbonyl (C=O) groups excluding carboxylic acids is 2. The van der Waals surface area contributed by atoms with E-state index < -0.39 is 36.9 Å². The first-order valence-electron chi connectivity index (χ1n) is 11.8. The topological polar surface area (TPSA) is 85.3 Å². The number of carbonyl (C=O) groups is 2. The average molecular weight is 516 g/mol. The highest BCUT2D eigenvalue weighted by molar-refractivity contribution is 6.30. The van der Waals surface area contributed by atoms with Gasteiger partial charge in [0.15, 0.2) is 11.9 Å². The Morgan fingerprint density at radius 3 is 2.60 bits per heavy atom. The first-order chi connectivity index (χ1) is 16.4. The molecule has 6 aliphatic rings. The Hall–Kier alpha value is -2.04. The monoisotopic (exact) mass is 515 g/mol. The third-order valence-corrected chi connectivity index (χ3v) is 8.66. The number of benzene rings is 1. The number of alkyl halides is 3. The number of halogens is 4. The number of Topliss-reactive ketones (excluding diaryl/α,β-unsaturated/α-hetero) is 1. The van der Waals surface area contributed by atoms with Crippen molar-refractivity contribution in [1.29, 1.82) is 0 Å². The Morgan fingerprint density at radius 2 is 1.91 bits per heavy atom. The summed E-state index contributed by atoms with van der Waals surface area (Å²) in [6.45, 7) is 0.365. The molecule has 3 atom stereocenters. The molecule has 4 aliphatic carbocycles. The number of ketones is 1. The summed E-state index contributed by atoms with van der Waals surface area (Å²) in [6, 6.07) is 4.95. The SMILES string of the molecule is O=C(CC12CC(N3CC(C4CC(OC(F)(F)F)C4)OC3=O)(C1)C2)[C@H]1C[C@@H](O)c2cc(Cl)ccc2O1. The normalized spacial score (nSPS) is 39.5. The number of nitrogens with zero attached hydrogens (tertiary/aromatic N) is 1. The van der Waals surface area contributed by atoms with E-state index >= 15 is 0 Å². The minimum atomic E-state index is -4.65. The average Bonchev–Trinajstić information content (AvgIpc) is 3.06. The number of rotatable bonds is 6. The molecule has 7 nitrogen and oxygen atoms in total. The van der Waals surface area contributed by atoms with E-state index in [2.05, 4.69) is 4.74 Å². The van der Waals surface area contributed by atoms with E-state index in [1.165, 1.54) is 0 Å². The standard InChI is InChI=1S/C24H25ClF3NO6/c25-13-1-2-18-15(5-13)16(30)6-19(33-18)17(31)7-22-9-23(10-22,11-22)29-8-20(34-21(29)32)12-3-14(4-12)35-24(26,27)28/h1-2,5,12,14,16,19-20,30H,3-4,6-11H2/t12?,14?,16-,19-,20?,22?,23?/m1/s1. The van der Waals surface area contributed by atoms with Crippen LogP contribution in [0.3, 0.4) is 0 Å². The maximum absolute atomic E-state index is 13.0. The molecule has 190 valence electrons. The van der Waals surface area contributed by atoms with Crippen molar-refractivity contribution >= 4 is 23.5 Å². The molecule has 1 saturated heterocycles. The summed E-state index contributed by atoms with van der Waals surface area (Å²) >= 11 is 5.99. The zero-order chi connectivity index (χ0) is 24.8. The summed E-state index contributed by atoms with van der Waals surface area (Å²) in [5.74, 6) is 0.266. The van der Waals surface area contributed by atoms with Crippen molar-refractivity contribution in [3.05, 3.63) is 28.8 Å². The number of amides is 1. The molecule has 0 aromatic heterocycles. The minimum absolute atomic E-state index is 0.0648. The molecule has 4 saturated carbocycles. The minimum Gasteiger partial charge on any atom is -0.482 e. The molecule has 5 fully saturated rings. The van der Waals surface area contributed by atoms with Crippen molar-refractivity contribution in [2.75, 3.05) is 6.54 Å². The van der Waals surface area contributed by atoms with Crippen LogP contribution in [0.5, 0.6) is 5.75 Å². The van der Waals surface area contributed by atoms with Gasteiger partial charge in [-0.2, -0.15) is 0 Å². The second kappa shape index (κ2) is 7.73. The molecule has 2 heterocycles. The zero-order valence-electron chi connectivity index (χ0n) is 18.7. The summed E-state index contributed by atoms with van der Waals surface area (Å²) in [7, 11) is 0. The lowest BCUT2D eigenvalue weighted by Crippen LogP contribution is -2.75. The van der Waals surface area contributed by atoms with E-state index in [1.54, 1.807) is 23.1 Å². The van der Waals surface area contributed by atoms with Crippen molar-refractivity contribution in [3.8, 4) is 5.75 Å². The largest absolute Gasteiger partial charge is 0.522 e. The molecule has 1 amide bonds. The predicted octanol–water partition coefficient (Wildman–Crippen LogP) is 4.54. The van der Waals surface area contributed by atoms with Gasteiger partial charge in [-0.15, -0.1) is 13.2 Å². The lowest BCUT2D eigenvalue weighted by molar-refractivity contribution is -0.355. The van der Waals surface area contributed by atoms with Gasteiger partial charge < -0.3 is 14.6 Å². The molecule has 0 spiro atoms. The summed E-state index contributed by atoms with van der Waals surface area (Å²) in [5.41, 5.74) is 0.0797. The quantitative estimate of drug-likeness (QED) is 0.598. The summed E-state index contributed by atoms with van der Waals surface area (Å²) in [6.07, 6.45) is -4.90. The van der Waals surface area contributed by atoms with Gasteiger partial charge in [-0.3, -0.25) is 14.4 Å². The van der Waals surface area contributed by atoms with Gasteiger partial charge in [-0.25, -0.2) is 4.79 Å². The molecular weight excluding hydrogens is 491 g/mol. The van der Waals surface area contributed by atoms with E-state index in [4.69, 9.17) is 21.1 Å². The van der Waals surface area contributed by atoms with Crippen molar-refractivity contribution in [1.82, 2.24) is 4.90 Å². The van der Waals surface area contributed by atoms with Gasteiger partial charge in [0.25, 0.3) is 0 Å². The molecule has 1 aromatic carbocycles. The first-order valence-corrected chi connectivity index (χ1v) is 12.2. The number of fused-ring (bicyclic) bond motifs is 1.